The lowest BCUT2D eigenvalue weighted by Crippen LogP contribution is -2.30. The summed E-state index contributed by atoms with van der Waals surface area (Å²) in [6, 6.07) is 33.8. The SMILES string of the molecule is CCOC(=O)c1c(NC(=O)C(C)Sc2cccc(NC(=O)/C(=C\c3ccc(N(C)C)cc3)NC(=O)c3ccccc3)c2)sc2c1CCN(Cc1ccccc1)C2. The molecule has 0 fully saturated rings. The van der Waals surface area contributed by atoms with Crippen molar-refractivity contribution in [3.8, 4) is 0 Å². The number of fused-ring (bicyclic) bond motifs is 1. The molecule has 1 atom stereocenters. The van der Waals surface area contributed by atoms with Crippen molar-refractivity contribution in [1.29, 1.82) is 0 Å². The number of nitrogens with zero attached hydrogens (tertiary/aromatic N) is 2. The number of anilines is 3. The maximum absolute atomic E-state index is 13.7. The summed E-state index contributed by atoms with van der Waals surface area (Å²) in [5.74, 6) is -1.61. The summed E-state index contributed by atoms with van der Waals surface area (Å²) in [5, 5.41) is 8.69. The van der Waals surface area contributed by atoms with Gasteiger partial charge >= 0.3 is 5.97 Å². The molecular formula is C44H45N5O5S2. The average Bonchev–Trinajstić information content (AvgIpc) is 3.55. The highest BCUT2D eigenvalue weighted by Crippen LogP contribution is 2.39. The summed E-state index contributed by atoms with van der Waals surface area (Å²) in [6.07, 6.45) is 2.31. The molecule has 0 saturated heterocycles. The fourth-order valence-corrected chi connectivity index (χ4v) is 8.44. The lowest BCUT2D eigenvalue weighted by Gasteiger charge is -2.27. The topological polar surface area (TPSA) is 120 Å². The molecule has 0 spiro atoms. The average molecular weight is 788 g/mol. The summed E-state index contributed by atoms with van der Waals surface area (Å²) < 4.78 is 5.44. The summed E-state index contributed by atoms with van der Waals surface area (Å²) >= 11 is 2.76. The summed E-state index contributed by atoms with van der Waals surface area (Å²) in [4.78, 5) is 59.8. The van der Waals surface area contributed by atoms with Crippen LogP contribution in [0.3, 0.4) is 0 Å². The Morgan fingerprint density at radius 3 is 2.32 bits per heavy atom. The number of ether oxygens (including phenoxy) is 1. The van der Waals surface area contributed by atoms with Gasteiger partial charge in [-0.1, -0.05) is 66.7 Å². The number of nitrogens with one attached hydrogen (secondary N) is 3. The molecule has 0 radical (unpaired) electrons. The number of carbonyl (C=O) groups excluding carboxylic acids is 4. The van der Waals surface area contributed by atoms with E-state index in [0.29, 0.717) is 34.8 Å². The van der Waals surface area contributed by atoms with Gasteiger partial charge in [0.2, 0.25) is 5.91 Å². The number of rotatable bonds is 14. The Morgan fingerprint density at radius 2 is 1.62 bits per heavy atom. The molecule has 2 heterocycles. The third-order valence-corrected chi connectivity index (χ3v) is 11.4. The number of hydrogen-bond acceptors (Lipinski definition) is 9. The smallest absolute Gasteiger partial charge is 0.341 e. The number of hydrogen-bond donors (Lipinski definition) is 3. The van der Waals surface area contributed by atoms with Crippen LogP contribution in [0.25, 0.3) is 6.08 Å². The lowest BCUT2D eigenvalue weighted by molar-refractivity contribution is -0.115. The third-order valence-electron chi connectivity index (χ3n) is 9.12. The van der Waals surface area contributed by atoms with E-state index in [1.807, 2.05) is 73.6 Å². The molecule has 6 rings (SSSR count). The van der Waals surface area contributed by atoms with Crippen LogP contribution >= 0.6 is 23.1 Å². The van der Waals surface area contributed by atoms with Crippen LogP contribution in [0, 0.1) is 0 Å². The minimum atomic E-state index is -0.546. The normalized spacial score (nSPS) is 13.2. The van der Waals surface area contributed by atoms with Crippen LogP contribution in [-0.2, 0) is 33.8 Å². The molecule has 1 aliphatic heterocycles. The van der Waals surface area contributed by atoms with E-state index in [1.165, 1.54) is 28.7 Å². The van der Waals surface area contributed by atoms with Gasteiger partial charge in [0.05, 0.1) is 17.4 Å². The standard InChI is InChI=1S/C44H45N5O5S2/c1-5-54-44(53)39-36-23-24-49(27-31-13-8-6-9-14-31)28-38(36)56-43(39)47-40(50)29(2)55-35-18-12-17-33(26-35)45-42(52)37(46-41(51)32-15-10-7-11-16-32)25-30-19-21-34(22-20-30)48(3)4/h6-22,25-26,29H,5,23-24,27-28H2,1-4H3,(H,45,52)(H,46,51)(H,47,50)/b37-25+. The second kappa shape index (κ2) is 18.8. The van der Waals surface area contributed by atoms with Gasteiger partial charge in [0, 0.05) is 60.4 Å². The van der Waals surface area contributed by atoms with Crippen LogP contribution in [0.5, 0.6) is 0 Å². The molecule has 1 aromatic heterocycles. The van der Waals surface area contributed by atoms with Crippen LogP contribution in [-0.4, -0.2) is 61.1 Å². The number of benzene rings is 4. The predicted molar refractivity (Wildman–Crippen MR) is 226 cm³/mol. The monoisotopic (exact) mass is 787 g/mol. The zero-order valence-electron chi connectivity index (χ0n) is 31.8. The Labute approximate surface area is 335 Å². The van der Waals surface area contributed by atoms with Crippen molar-refractivity contribution >= 4 is 69.2 Å². The first kappa shape index (κ1) is 40.0. The van der Waals surface area contributed by atoms with Crippen molar-refractivity contribution in [2.24, 2.45) is 0 Å². The zero-order chi connectivity index (χ0) is 39.6. The van der Waals surface area contributed by atoms with Gasteiger partial charge in [0.1, 0.15) is 10.7 Å². The van der Waals surface area contributed by atoms with E-state index in [2.05, 4.69) is 33.0 Å². The van der Waals surface area contributed by atoms with E-state index in [0.717, 1.165) is 39.7 Å². The molecule has 12 heteroatoms. The molecule has 10 nitrogen and oxygen atoms in total. The largest absolute Gasteiger partial charge is 0.462 e. The van der Waals surface area contributed by atoms with Gasteiger partial charge in [-0.15, -0.1) is 23.1 Å². The number of esters is 1. The van der Waals surface area contributed by atoms with Crippen molar-refractivity contribution in [1.82, 2.24) is 10.2 Å². The molecule has 0 saturated carbocycles. The first-order valence-corrected chi connectivity index (χ1v) is 20.1. The minimum Gasteiger partial charge on any atom is -0.462 e. The van der Waals surface area contributed by atoms with Gasteiger partial charge in [0.15, 0.2) is 0 Å². The number of carbonyl (C=O) groups is 4. The van der Waals surface area contributed by atoms with E-state index < -0.39 is 23.0 Å². The molecule has 56 heavy (non-hydrogen) atoms. The molecule has 3 amide bonds. The zero-order valence-corrected chi connectivity index (χ0v) is 33.5. The number of amides is 3. The number of thioether (sulfide) groups is 1. The first-order valence-electron chi connectivity index (χ1n) is 18.4. The van der Waals surface area contributed by atoms with Gasteiger partial charge in [-0.05, 0) is 85.5 Å². The number of thiophene rings is 1. The maximum Gasteiger partial charge on any atom is 0.341 e. The van der Waals surface area contributed by atoms with Crippen molar-refractivity contribution in [2.45, 2.75) is 43.5 Å². The Morgan fingerprint density at radius 1 is 0.911 bits per heavy atom. The highest BCUT2D eigenvalue weighted by molar-refractivity contribution is 8.00. The van der Waals surface area contributed by atoms with E-state index in [1.54, 1.807) is 62.4 Å². The van der Waals surface area contributed by atoms with Crippen LogP contribution in [0.2, 0.25) is 0 Å². The van der Waals surface area contributed by atoms with E-state index in [9.17, 15) is 19.2 Å². The maximum atomic E-state index is 13.7. The van der Waals surface area contributed by atoms with Gasteiger partial charge in [-0.3, -0.25) is 19.3 Å². The molecule has 0 bridgehead atoms. The van der Waals surface area contributed by atoms with Gasteiger partial charge in [-0.25, -0.2) is 4.79 Å². The van der Waals surface area contributed by atoms with Crippen molar-refractivity contribution in [3.05, 3.63) is 148 Å². The minimum absolute atomic E-state index is 0.0708. The van der Waals surface area contributed by atoms with Crippen LogP contribution in [0.1, 0.15) is 56.1 Å². The molecule has 1 unspecified atom stereocenters. The van der Waals surface area contributed by atoms with Crippen LogP contribution in [0.15, 0.2) is 120 Å². The van der Waals surface area contributed by atoms with E-state index in [-0.39, 0.29) is 18.2 Å². The fourth-order valence-electron chi connectivity index (χ4n) is 6.23. The Hall–Kier alpha value is -5.69. The Kier molecular flexibility index (Phi) is 13.4. The van der Waals surface area contributed by atoms with Crippen molar-refractivity contribution in [3.63, 3.8) is 0 Å². The summed E-state index contributed by atoms with van der Waals surface area (Å²) in [5.41, 5.74) is 5.32. The quantitative estimate of drug-likeness (QED) is 0.0588. The molecule has 3 N–H and O–H groups in total. The molecule has 5 aromatic rings. The van der Waals surface area contributed by atoms with E-state index in [4.69, 9.17) is 4.74 Å². The molecular weight excluding hydrogens is 743 g/mol. The van der Waals surface area contributed by atoms with Gasteiger partial charge < -0.3 is 25.6 Å². The van der Waals surface area contributed by atoms with Crippen molar-refractivity contribution < 1.29 is 23.9 Å². The first-order chi connectivity index (χ1) is 27.1. The predicted octanol–water partition coefficient (Wildman–Crippen LogP) is 8.08. The second-order valence-electron chi connectivity index (χ2n) is 13.5. The van der Waals surface area contributed by atoms with Crippen LogP contribution in [0.4, 0.5) is 16.4 Å². The molecule has 4 aromatic carbocycles. The van der Waals surface area contributed by atoms with Crippen molar-refractivity contribution in [2.75, 3.05) is 42.8 Å². The van der Waals surface area contributed by atoms with Gasteiger partial charge in [0.25, 0.3) is 11.8 Å². The Balaban J connectivity index is 1.15. The van der Waals surface area contributed by atoms with E-state index >= 15 is 0 Å². The summed E-state index contributed by atoms with van der Waals surface area (Å²) in [6.45, 7) is 6.07. The van der Waals surface area contributed by atoms with Crippen LogP contribution < -0.4 is 20.9 Å². The molecule has 288 valence electrons. The second-order valence-corrected chi connectivity index (χ2v) is 16.0. The summed E-state index contributed by atoms with van der Waals surface area (Å²) in [7, 11) is 3.89. The lowest BCUT2D eigenvalue weighted by atomic mass is 10.0. The van der Waals surface area contributed by atoms with Gasteiger partial charge in [-0.2, -0.15) is 0 Å². The Bertz CT molecular complexity index is 2200. The fraction of sp³-hybridized carbons (Fsp3) is 0.227. The highest BCUT2D eigenvalue weighted by Gasteiger charge is 2.30. The molecule has 0 aliphatic carbocycles. The third kappa shape index (κ3) is 10.3. The molecule has 1 aliphatic rings. The highest BCUT2D eigenvalue weighted by atomic mass is 32.2.